The zero-order chi connectivity index (χ0) is 14.4. The molecule has 3 heteroatoms. The van der Waals surface area contributed by atoms with Gasteiger partial charge in [-0.1, -0.05) is 34.1 Å². The molecular formula is C16H31N3. The van der Waals surface area contributed by atoms with Gasteiger partial charge in [0.25, 0.3) is 0 Å². The molecule has 2 atom stereocenters. The fourth-order valence-electron chi connectivity index (χ4n) is 3.16. The lowest BCUT2D eigenvalue weighted by Gasteiger charge is -2.28. The molecular weight excluding hydrogens is 234 g/mol. The molecule has 0 saturated heterocycles. The molecule has 110 valence electrons. The molecule has 2 unspecified atom stereocenters. The maximum absolute atomic E-state index is 4.81. The number of aromatic nitrogens is 2. The molecule has 3 nitrogen and oxygen atoms in total. The number of aryl methyl sites for hydroxylation is 1. The summed E-state index contributed by atoms with van der Waals surface area (Å²) in [6.45, 7) is 14.3. The van der Waals surface area contributed by atoms with E-state index < -0.39 is 0 Å². The lowest BCUT2D eigenvalue weighted by molar-refractivity contribution is 0.299. The van der Waals surface area contributed by atoms with Crippen LogP contribution in [0.2, 0.25) is 0 Å². The first-order valence-corrected chi connectivity index (χ1v) is 7.88. The van der Waals surface area contributed by atoms with Gasteiger partial charge in [0, 0.05) is 11.7 Å². The van der Waals surface area contributed by atoms with E-state index in [9.17, 15) is 0 Å². The second kappa shape index (κ2) is 7.68. The largest absolute Gasteiger partial charge is 0.312 e. The Kier molecular flexibility index (Phi) is 6.56. The van der Waals surface area contributed by atoms with Crippen LogP contribution in [0.1, 0.15) is 70.0 Å². The molecule has 1 rings (SSSR count). The fraction of sp³-hybridized carbons (Fsp3) is 0.812. The Morgan fingerprint density at radius 3 is 2.26 bits per heavy atom. The van der Waals surface area contributed by atoms with E-state index in [2.05, 4.69) is 51.5 Å². The highest BCUT2D eigenvalue weighted by atomic mass is 15.3. The number of rotatable bonds is 8. The van der Waals surface area contributed by atoms with Crippen molar-refractivity contribution in [3.63, 3.8) is 0 Å². The van der Waals surface area contributed by atoms with Crippen LogP contribution in [-0.2, 0) is 6.42 Å². The van der Waals surface area contributed by atoms with Crippen LogP contribution in [0.5, 0.6) is 0 Å². The van der Waals surface area contributed by atoms with Crippen molar-refractivity contribution in [1.82, 2.24) is 15.1 Å². The normalized spacial score (nSPS) is 14.6. The Bertz CT molecular complexity index is 376. The Labute approximate surface area is 118 Å². The molecule has 0 aromatic carbocycles. The summed E-state index contributed by atoms with van der Waals surface area (Å²) in [4.78, 5) is 0. The molecule has 0 amide bonds. The fourth-order valence-corrected chi connectivity index (χ4v) is 3.16. The van der Waals surface area contributed by atoms with Crippen molar-refractivity contribution < 1.29 is 0 Å². The number of nitrogens with one attached hydrogen (secondary N) is 1. The van der Waals surface area contributed by atoms with Gasteiger partial charge in [-0.15, -0.1) is 0 Å². The average Bonchev–Trinajstić information content (AvgIpc) is 2.66. The number of nitrogens with zero attached hydrogens (tertiary/aromatic N) is 2. The Balaban J connectivity index is 3.07. The van der Waals surface area contributed by atoms with Gasteiger partial charge in [-0.25, -0.2) is 0 Å². The molecule has 0 bridgehead atoms. The summed E-state index contributed by atoms with van der Waals surface area (Å²) in [5, 5.41) is 8.46. The van der Waals surface area contributed by atoms with Crippen LogP contribution >= 0.6 is 0 Å². The Hall–Kier alpha value is -0.830. The van der Waals surface area contributed by atoms with Gasteiger partial charge in [-0.3, -0.25) is 4.68 Å². The van der Waals surface area contributed by atoms with Gasteiger partial charge in [-0.05, 0) is 45.2 Å². The van der Waals surface area contributed by atoms with Gasteiger partial charge >= 0.3 is 0 Å². The summed E-state index contributed by atoms with van der Waals surface area (Å²) in [5.41, 5.74) is 3.97. The van der Waals surface area contributed by atoms with Gasteiger partial charge in [0.15, 0.2) is 0 Å². The van der Waals surface area contributed by atoms with Crippen molar-refractivity contribution >= 4 is 0 Å². The number of hydrogen-bond donors (Lipinski definition) is 1. The molecule has 0 spiro atoms. The standard InChI is InChI=1S/C16H31N3/c1-7-11-15(17-10-4)16(9-3)19-13(6)14(8-2)12(5)18-19/h15-17H,7-11H2,1-6H3. The van der Waals surface area contributed by atoms with E-state index in [0.29, 0.717) is 12.1 Å². The molecule has 1 heterocycles. The highest BCUT2D eigenvalue weighted by Gasteiger charge is 2.23. The van der Waals surface area contributed by atoms with Gasteiger partial charge in [-0.2, -0.15) is 5.10 Å². The van der Waals surface area contributed by atoms with E-state index in [1.54, 1.807) is 0 Å². The third-order valence-corrected chi connectivity index (χ3v) is 4.09. The van der Waals surface area contributed by atoms with Gasteiger partial charge < -0.3 is 5.32 Å². The third-order valence-electron chi connectivity index (χ3n) is 4.09. The van der Waals surface area contributed by atoms with Crippen LogP contribution in [0.25, 0.3) is 0 Å². The molecule has 0 aliphatic rings. The van der Waals surface area contributed by atoms with E-state index >= 15 is 0 Å². The summed E-state index contributed by atoms with van der Waals surface area (Å²) < 4.78 is 2.27. The first-order valence-electron chi connectivity index (χ1n) is 7.88. The summed E-state index contributed by atoms with van der Waals surface area (Å²) in [6, 6.07) is 1.00. The van der Waals surface area contributed by atoms with Gasteiger partial charge in [0.05, 0.1) is 11.7 Å². The molecule has 1 aromatic heterocycles. The van der Waals surface area contributed by atoms with E-state index in [4.69, 9.17) is 5.10 Å². The first kappa shape index (κ1) is 16.2. The molecule has 0 saturated carbocycles. The highest BCUT2D eigenvalue weighted by molar-refractivity contribution is 5.25. The molecule has 0 aliphatic carbocycles. The van der Waals surface area contributed by atoms with Gasteiger partial charge in [0.1, 0.15) is 0 Å². The number of likely N-dealkylation sites (N-methyl/N-ethyl adjacent to an activating group) is 1. The summed E-state index contributed by atoms with van der Waals surface area (Å²) >= 11 is 0. The van der Waals surface area contributed by atoms with Crippen molar-refractivity contribution in [2.75, 3.05) is 6.54 Å². The summed E-state index contributed by atoms with van der Waals surface area (Å²) in [5.74, 6) is 0. The molecule has 1 aromatic rings. The molecule has 19 heavy (non-hydrogen) atoms. The summed E-state index contributed by atoms with van der Waals surface area (Å²) in [7, 11) is 0. The predicted molar refractivity (Wildman–Crippen MR) is 82.8 cm³/mol. The van der Waals surface area contributed by atoms with Crippen LogP contribution in [0.4, 0.5) is 0 Å². The number of hydrogen-bond acceptors (Lipinski definition) is 2. The van der Waals surface area contributed by atoms with E-state index in [1.165, 1.54) is 29.8 Å². The van der Waals surface area contributed by atoms with Crippen molar-refractivity contribution in [2.45, 2.75) is 79.3 Å². The van der Waals surface area contributed by atoms with Crippen LogP contribution < -0.4 is 5.32 Å². The zero-order valence-electron chi connectivity index (χ0n) is 13.6. The summed E-state index contributed by atoms with van der Waals surface area (Å²) in [6.07, 6.45) is 4.64. The smallest absolute Gasteiger partial charge is 0.0672 e. The van der Waals surface area contributed by atoms with E-state index in [1.807, 2.05) is 0 Å². The predicted octanol–water partition coefficient (Wildman–Crippen LogP) is 3.79. The van der Waals surface area contributed by atoms with Crippen LogP contribution in [0.15, 0.2) is 0 Å². The van der Waals surface area contributed by atoms with Crippen molar-refractivity contribution in [1.29, 1.82) is 0 Å². The van der Waals surface area contributed by atoms with Crippen molar-refractivity contribution in [3.05, 3.63) is 17.0 Å². The Morgan fingerprint density at radius 1 is 1.16 bits per heavy atom. The minimum atomic E-state index is 0.471. The topological polar surface area (TPSA) is 29.9 Å². The maximum Gasteiger partial charge on any atom is 0.0672 e. The van der Waals surface area contributed by atoms with Crippen molar-refractivity contribution in [2.24, 2.45) is 0 Å². The highest BCUT2D eigenvalue weighted by Crippen LogP contribution is 2.24. The Morgan fingerprint density at radius 2 is 1.84 bits per heavy atom. The van der Waals surface area contributed by atoms with E-state index in [-0.39, 0.29) is 0 Å². The first-order chi connectivity index (χ1) is 9.10. The lowest BCUT2D eigenvalue weighted by Crippen LogP contribution is -2.38. The average molecular weight is 265 g/mol. The minimum absolute atomic E-state index is 0.471. The maximum atomic E-state index is 4.81. The van der Waals surface area contributed by atoms with E-state index in [0.717, 1.165) is 19.4 Å². The quantitative estimate of drug-likeness (QED) is 0.775. The second-order valence-electron chi connectivity index (χ2n) is 5.38. The van der Waals surface area contributed by atoms with Crippen LogP contribution in [0.3, 0.4) is 0 Å². The lowest BCUT2D eigenvalue weighted by atomic mass is 10.0. The van der Waals surface area contributed by atoms with Crippen LogP contribution in [0, 0.1) is 13.8 Å². The SMILES string of the molecule is CCCC(NCC)C(CC)n1nc(C)c(CC)c1C. The molecule has 0 aliphatic heterocycles. The monoisotopic (exact) mass is 265 g/mol. The molecule has 0 fully saturated rings. The van der Waals surface area contributed by atoms with Crippen molar-refractivity contribution in [3.8, 4) is 0 Å². The van der Waals surface area contributed by atoms with Gasteiger partial charge in [0.2, 0.25) is 0 Å². The second-order valence-corrected chi connectivity index (χ2v) is 5.38. The van der Waals surface area contributed by atoms with Crippen LogP contribution in [-0.4, -0.2) is 22.4 Å². The molecule has 1 N–H and O–H groups in total. The zero-order valence-corrected chi connectivity index (χ0v) is 13.6. The minimum Gasteiger partial charge on any atom is -0.312 e. The molecule has 0 radical (unpaired) electrons. The third kappa shape index (κ3) is 3.59.